The Morgan fingerprint density at radius 1 is 1.59 bits per heavy atom. The minimum atomic E-state index is -0.526. The van der Waals surface area contributed by atoms with Gasteiger partial charge in [-0.3, -0.25) is 4.79 Å². The van der Waals surface area contributed by atoms with Gasteiger partial charge in [0.05, 0.1) is 12.0 Å². The first-order chi connectivity index (χ1) is 7.93. The lowest BCUT2D eigenvalue weighted by molar-refractivity contribution is -0.156. The van der Waals surface area contributed by atoms with Crippen molar-refractivity contribution in [2.24, 2.45) is 11.3 Å². The summed E-state index contributed by atoms with van der Waals surface area (Å²) in [5, 5.41) is 12.5. The molecule has 0 aromatic heterocycles. The van der Waals surface area contributed by atoms with Crippen LogP contribution < -0.4 is 5.23 Å². The van der Waals surface area contributed by atoms with Crippen LogP contribution in [0, 0.1) is 11.3 Å². The van der Waals surface area contributed by atoms with Crippen LogP contribution in [-0.4, -0.2) is 30.7 Å². The van der Waals surface area contributed by atoms with Crippen molar-refractivity contribution in [3.63, 3.8) is 0 Å². The fourth-order valence-corrected chi connectivity index (χ4v) is 3.00. The first kappa shape index (κ1) is 14.5. The highest BCUT2D eigenvalue weighted by atomic mass is 16.5. The molecule has 0 aromatic rings. The predicted octanol–water partition coefficient (Wildman–Crippen LogP) is 1.44. The third kappa shape index (κ3) is 3.22. The van der Waals surface area contributed by atoms with Crippen molar-refractivity contribution in [1.82, 2.24) is 5.23 Å². The molecule has 1 unspecified atom stereocenters. The van der Waals surface area contributed by atoms with Crippen molar-refractivity contribution < 1.29 is 14.6 Å². The number of carbonyl (C=O) groups excluding carboxylic acids is 1. The molecule has 2 N–H and O–H groups in total. The Bertz CT molecular complexity index is 272. The van der Waals surface area contributed by atoms with Gasteiger partial charge in [-0.25, -0.2) is 0 Å². The van der Waals surface area contributed by atoms with E-state index in [2.05, 4.69) is 12.2 Å². The molecule has 0 amide bonds. The minimum Gasteiger partial charge on any atom is -0.466 e. The predicted molar refractivity (Wildman–Crippen MR) is 68.5 cm³/mol. The van der Waals surface area contributed by atoms with Crippen LogP contribution in [0.2, 0.25) is 6.82 Å². The van der Waals surface area contributed by atoms with Crippen LogP contribution in [0.4, 0.5) is 0 Å². The summed E-state index contributed by atoms with van der Waals surface area (Å²) in [6.45, 7) is 8.07. The van der Waals surface area contributed by atoms with E-state index in [4.69, 9.17) is 4.74 Å². The van der Waals surface area contributed by atoms with E-state index in [-0.39, 0.29) is 12.0 Å². The standard InChI is InChI=1S/C12H24BNO3/c1-5-9-7-10(14-13(4)16)8-12(9,3)11(15)17-6-2/h9-10,14,16H,5-8H2,1-4H3/t9-,10?,12+/m0/s1. The maximum Gasteiger partial charge on any atom is 0.373 e. The van der Waals surface area contributed by atoms with Gasteiger partial charge >= 0.3 is 13.0 Å². The second kappa shape index (κ2) is 5.87. The van der Waals surface area contributed by atoms with Crippen LogP contribution in [0.25, 0.3) is 0 Å². The van der Waals surface area contributed by atoms with E-state index in [0.29, 0.717) is 12.5 Å². The molecule has 0 aliphatic heterocycles. The Morgan fingerprint density at radius 3 is 2.71 bits per heavy atom. The molecule has 0 aromatic carbocycles. The second-order valence-corrected chi connectivity index (χ2v) is 5.22. The average Bonchev–Trinajstić information content (AvgIpc) is 2.55. The summed E-state index contributed by atoms with van der Waals surface area (Å²) in [4.78, 5) is 12.1. The SMILES string of the molecule is CCOC(=O)[C@]1(C)CC(NB(C)O)C[C@@H]1CC. The van der Waals surface area contributed by atoms with E-state index in [9.17, 15) is 9.82 Å². The van der Waals surface area contributed by atoms with Crippen molar-refractivity contribution in [2.45, 2.75) is 52.9 Å². The second-order valence-electron chi connectivity index (χ2n) is 5.22. The topological polar surface area (TPSA) is 58.6 Å². The zero-order valence-corrected chi connectivity index (χ0v) is 11.3. The van der Waals surface area contributed by atoms with Crippen molar-refractivity contribution in [3.05, 3.63) is 0 Å². The summed E-state index contributed by atoms with van der Waals surface area (Å²) in [6.07, 6.45) is 2.64. The molecule has 98 valence electrons. The Balaban J connectivity index is 2.73. The molecule has 1 aliphatic rings. The maximum absolute atomic E-state index is 12.1. The molecule has 17 heavy (non-hydrogen) atoms. The van der Waals surface area contributed by atoms with Crippen LogP contribution in [0.3, 0.4) is 0 Å². The highest BCUT2D eigenvalue weighted by Crippen LogP contribution is 2.45. The van der Waals surface area contributed by atoms with Crippen LogP contribution >= 0.6 is 0 Å². The van der Waals surface area contributed by atoms with Gasteiger partial charge in [0.1, 0.15) is 0 Å². The third-order valence-corrected chi connectivity index (χ3v) is 3.85. The van der Waals surface area contributed by atoms with E-state index in [1.165, 1.54) is 0 Å². The van der Waals surface area contributed by atoms with Crippen LogP contribution in [0.1, 0.15) is 40.0 Å². The Kier molecular flexibility index (Phi) is 5.01. The Labute approximate surface area is 104 Å². The van der Waals surface area contributed by atoms with Gasteiger partial charge in [-0.1, -0.05) is 13.3 Å². The number of rotatable bonds is 5. The van der Waals surface area contributed by atoms with Gasteiger partial charge in [0.25, 0.3) is 0 Å². The molecule has 0 saturated heterocycles. The molecular formula is C12H24BNO3. The lowest BCUT2D eigenvalue weighted by atomic mass is 9.78. The molecule has 1 saturated carbocycles. The van der Waals surface area contributed by atoms with Crippen molar-refractivity contribution in [3.8, 4) is 0 Å². The number of hydrogen-bond donors (Lipinski definition) is 2. The molecule has 0 radical (unpaired) electrons. The van der Waals surface area contributed by atoms with Gasteiger partial charge in [-0.15, -0.1) is 0 Å². The van der Waals surface area contributed by atoms with E-state index in [1.807, 2.05) is 13.8 Å². The van der Waals surface area contributed by atoms with E-state index < -0.39 is 12.5 Å². The molecule has 0 heterocycles. The minimum absolute atomic E-state index is 0.0956. The summed E-state index contributed by atoms with van der Waals surface area (Å²) in [5.74, 6) is 0.236. The van der Waals surface area contributed by atoms with Crippen LogP contribution in [0.15, 0.2) is 0 Å². The highest BCUT2D eigenvalue weighted by molar-refractivity contribution is 6.45. The number of esters is 1. The molecule has 0 bridgehead atoms. The Hall–Kier alpha value is -0.545. The quantitative estimate of drug-likeness (QED) is 0.565. The molecule has 0 spiro atoms. The Morgan fingerprint density at radius 2 is 2.24 bits per heavy atom. The largest absolute Gasteiger partial charge is 0.466 e. The molecule has 1 rings (SSSR count). The zero-order valence-electron chi connectivity index (χ0n) is 11.3. The van der Waals surface area contributed by atoms with Gasteiger partial charge < -0.3 is 15.0 Å². The summed E-state index contributed by atoms with van der Waals surface area (Å²) < 4.78 is 5.18. The van der Waals surface area contributed by atoms with Gasteiger partial charge in [-0.2, -0.15) is 0 Å². The smallest absolute Gasteiger partial charge is 0.373 e. The molecular weight excluding hydrogens is 217 g/mol. The van der Waals surface area contributed by atoms with Gasteiger partial charge in [0.15, 0.2) is 0 Å². The molecule has 4 nitrogen and oxygen atoms in total. The number of ether oxygens (including phenoxy) is 1. The lowest BCUT2D eigenvalue weighted by Crippen LogP contribution is -2.40. The molecule has 3 atom stereocenters. The van der Waals surface area contributed by atoms with Gasteiger partial charge in [0.2, 0.25) is 0 Å². The highest BCUT2D eigenvalue weighted by Gasteiger charge is 2.49. The van der Waals surface area contributed by atoms with E-state index in [1.54, 1.807) is 6.82 Å². The maximum atomic E-state index is 12.1. The van der Waals surface area contributed by atoms with Gasteiger partial charge in [-0.05, 0) is 45.5 Å². The molecule has 1 aliphatic carbocycles. The fourth-order valence-electron chi connectivity index (χ4n) is 3.00. The summed E-state index contributed by atoms with van der Waals surface area (Å²) >= 11 is 0. The third-order valence-electron chi connectivity index (χ3n) is 3.85. The van der Waals surface area contributed by atoms with Gasteiger partial charge in [0, 0.05) is 0 Å². The normalized spacial score (nSPS) is 32.5. The lowest BCUT2D eigenvalue weighted by Gasteiger charge is -2.28. The molecule has 1 fully saturated rings. The van der Waals surface area contributed by atoms with Crippen LogP contribution in [0.5, 0.6) is 0 Å². The van der Waals surface area contributed by atoms with Crippen molar-refractivity contribution >= 4 is 13.0 Å². The summed E-state index contributed by atoms with van der Waals surface area (Å²) in [6, 6.07) is 0.203. The monoisotopic (exact) mass is 241 g/mol. The van der Waals surface area contributed by atoms with Crippen molar-refractivity contribution in [2.75, 3.05) is 6.61 Å². The summed E-state index contributed by atoms with van der Waals surface area (Å²) in [7, 11) is -0.526. The van der Waals surface area contributed by atoms with E-state index in [0.717, 1.165) is 19.3 Å². The summed E-state index contributed by atoms with van der Waals surface area (Å²) in [5.41, 5.74) is -0.405. The number of hydrogen-bond acceptors (Lipinski definition) is 4. The fraction of sp³-hybridized carbons (Fsp3) is 0.917. The molecule has 5 heteroatoms. The first-order valence-corrected chi connectivity index (χ1v) is 6.55. The van der Waals surface area contributed by atoms with E-state index >= 15 is 0 Å². The van der Waals surface area contributed by atoms with Crippen molar-refractivity contribution in [1.29, 1.82) is 0 Å². The number of nitrogens with one attached hydrogen (secondary N) is 1. The average molecular weight is 241 g/mol. The number of carbonyl (C=O) groups is 1. The zero-order chi connectivity index (χ0) is 13.1. The first-order valence-electron chi connectivity index (χ1n) is 6.55. The van der Waals surface area contributed by atoms with Crippen LogP contribution in [-0.2, 0) is 9.53 Å².